The molecule has 8 heteroatoms. The predicted octanol–water partition coefficient (Wildman–Crippen LogP) is 3.50. The second-order valence-electron chi connectivity index (χ2n) is 8.20. The van der Waals surface area contributed by atoms with E-state index in [1.165, 1.54) is 0 Å². The van der Waals surface area contributed by atoms with Crippen LogP contribution in [0.1, 0.15) is 31.4 Å². The first kappa shape index (κ1) is 23.5. The third-order valence-corrected chi connectivity index (χ3v) is 5.76. The van der Waals surface area contributed by atoms with Crippen molar-refractivity contribution in [1.29, 1.82) is 0 Å². The molecule has 6 nitrogen and oxygen atoms in total. The summed E-state index contributed by atoms with van der Waals surface area (Å²) in [7, 11) is 0. The molecule has 2 aromatic rings. The minimum absolute atomic E-state index is 0.148. The predicted molar refractivity (Wildman–Crippen MR) is 123 cm³/mol. The Labute approximate surface area is 192 Å². The van der Waals surface area contributed by atoms with Gasteiger partial charge in [0.05, 0.1) is 12.6 Å². The number of carbonyl (C=O) groups excluding carboxylic acids is 2. The van der Waals surface area contributed by atoms with Gasteiger partial charge in [0.15, 0.2) is 0 Å². The van der Waals surface area contributed by atoms with Crippen molar-refractivity contribution >= 4 is 40.7 Å². The zero-order valence-electron chi connectivity index (χ0n) is 17.5. The highest BCUT2D eigenvalue weighted by Gasteiger charge is 2.49. The average Bonchev–Trinajstić information content (AvgIpc) is 2.95. The van der Waals surface area contributed by atoms with Gasteiger partial charge in [-0.25, -0.2) is 0 Å². The molecule has 0 bridgehead atoms. The zero-order chi connectivity index (χ0) is 22.6. The van der Waals surface area contributed by atoms with Crippen LogP contribution < -0.4 is 16.0 Å². The molecule has 4 N–H and O–H groups in total. The van der Waals surface area contributed by atoms with Gasteiger partial charge in [-0.3, -0.25) is 14.9 Å². The third kappa shape index (κ3) is 5.39. The van der Waals surface area contributed by atoms with Crippen LogP contribution in [0.2, 0.25) is 10.0 Å². The van der Waals surface area contributed by atoms with Crippen LogP contribution in [-0.2, 0) is 21.5 Å². The molecule has 1 unspecified atom stereocenters. The summed E-state index contributed by atoms with van der Waals surface area (Å²) in [5.74, 6) is -0.313. The van der Waals surface area contributed by atoms with Crippen LogP contribution in [0, 0.1) is 5.92 Å². The van der Waals surface area contributed by atoms with Gasteiger partial charge in [0.25, 0.3) is 0 Å². The van der Waals surface area contributed by atoms with E-state index < -0.39 is 11.6 Å². The standard InChI is InChI=1S/C23H27Cl2N3O3/c1-14(2)10-20(21(30)26-8-9-29)28-23(13-15-4-3-5-16(24)11-15)18-7-6-17(25)12-19(18)27-22(23)31/h3-7,11-12,14,20,28-29H,8-10,13H2,1-2H3,(H,26,30)(H,27,31)/t20-,23?/m0/s1. The van der Waals surface area contributed by atoms with E-state index in [1.54, 1.807) is 18.2 Å². The lowest BCUT2D eigenvalue weighted by Crippen LogP contribution is -2.58. The van der Waals surface area contributed by atoms with Crippen molar-refractivity contribution in [3.05, 3.63) is 63.6 Å². The Morgan fingerprint density at radius 2 is 1.90 bits per heavy atom. The molecular weight excluding hydrogens is 437 g/mol. The molecule has 3 rings (SSSR count). The zero-order valence-corrected chi connectivity index (χ0v) is 19.1. The van der Waals surface area contributed by atoms with Gasteiger partial charge in [-0.1, -0.05) is 55.2 Å². The van der Waals surface area contributed by atoms with Crippen molar-refractivity contribution in [1.82, 2.24) is 10.6 Å². The molecule has 166 valence electrons. The number of aliphatic hydroxyl groups excluding tert-OH is 1. The Bertz CT molecular complexity index is 967. The Hall–Kier alpha value is -2.12. The number of aliphatic hydroxyl groups is 1. The number of benzene rings is 2. The summed E-state index contributed by atoms with van der Waals surface area (Å²) in [4.78, 5) is 26.3. The molecule has 0 saturated heterocycles. The highest BCUT2D eigenvalue weighted by Crippen LogP contribution is 2.40. The summed E-state index contributed by atoms with van der Waals surface area (Å²) in [5, 5.41) is 19.2. The minimum atomic E-state index is -1.18. The van der Waals surface area contributed by atoms with Gasteiger partial charge in [-0.05, 0) is 42.2 Å². The van der Waals surface area contributed by atoms with Crippen molar-refractivity contribution in [2.75, 3.05) is 18.5 Å². The van der Waals surface area contributed by atoms with E-state index in [0.717, 1.165) is 11.1 Å². The van der Waals surface area contributed by atoms with Gasteiger partial charge < -0.3 is 15.7 Å². The number of halogens is 2. The van der Waals surface area contributed by atoms with Gasteiger partial charge in [0, 0.05) is 34.3 Å². The number of rotatable bonds is 9. The Morgan fingerprint density at radius 3 is 2.58 bits per heavy atom. The summed E-state index contributed by atoms with van der Waals surface area (Å²) in [6, 6.07) is 11.9. The van der Waals surface area contributed by atoms with Crippen LogP contribution in [0.4, 0.5) is 5.69 Å². The van der Waals surface area contributed by atoms with E-state index in [1.807, 2.05) is 38.1 Å². The molecule has 1 heterocycles. The molecule has 0 radical (unpaired) electrons. The van der Waals surface area contributed by atoms with Gasteiger partial charge in [-0.2, -0.15) is 0 Å². The van der Waals surface area contributed by atoms with Crippen LogP contribution in [-0.4, -0.2) is 36.1 Å². The largest absolute Gasteiger partial charge is 0.395 e. The summed E-state index contributed by atoms with van der Waals surface area (Å²) in [6.07, 6.45) is 0.820. The highest BCUT2D eigenvalue weighted by molar-refractivity contribution is 6.31. The Balaban J connectivity index is 2.05. The first-order valence-corrected chi connectivity index (χ1v) is 11.0. The fourth-order valence-corrected chi connectivity index (χ4v) is 4.35. The molecule has 0 aromatic heterocycles. The number of anilines is 1. The molecule has 2 atom stereocenters. The molecule has 2 amide bonds. The molecule has 0 fully saturated rings. The number of nitrogens with one attached hydrogen (secondary N) is 3. The first-order valence-electron chi connectivity index (χ1n) is 10.3. The molecule has 1 aliphatic rings. The van der Waals surface area contributed by atoms with Crippen LogP contribution in [0.15, 0.2) is 42.5 Å². The van der Waals surface area contributed by atoms with Crippen LogP contribution >= 0.6 is 23.2 Å². The van der Waals surface area contributed by atoms with Crippen molar-refractivity contribution in [3.8, 4) is 0 Å². The van der Waals surface area contributed by atoms with Crippen LogP contribution in [0.3, 0.4) is 0 Å². The number of amides is 2. The lowest BCUT2D eigenvalue weighted by atomic mass is 9.83. The van der Waals surface area contributed by atoms with Crippen LogP contribution in [0.5, 0.6) is 0 Å². The van der Waals surface area contributed by atoms with Gasteiger partial charge in [-0.15, -0.1) is 0 Å². The van der Waals surface area contributed by atoms with Gasteiger partial charge in [0.1, 0.15) is 5.54 Å². The summed E-state index contributed by atoms with van der Waals surface area (Å²) < 4.78 is 0. The molecule has 0 aliphatic carbocycles. The maximum absolute atomic E-state index is 13.4. The molecule has 2 aromatic carbocycles. The Kier molecular flexibility index (Phi) is 7.59. The van der Waals surface area contributed by atoms with Crippen molar-refractivity contribution in [3.63, 3.8) is 0 Å². The van der Waals surface area contributed by atoms with Crippen molar-refractivity contribution in [2.45, 2.75) is 38.3 Å². The molecular formula is C23H27Cl2N3O3. The maximum atomic E-state index is 13.4. The van der Waals surface area contributed by atoms with E-state index in [0.29, 0.717) is 28.6 Å². The fourth-order valence-electron chi connectivity index (χ4n) is 3.97. The molecule has 0 spiro atoms. The van der Waals surface area contributed by atoms with E-state index >= 15 is 0 Å². The smallest absolute Gasteiger partial charge is 0.249 e. The van der Waals surface area contributed by atoms with E-state index in [-0.39, 0.29) is 30.9 Å². The van der Waals surface area contributed by atoms with Crippen molar-refractivity contribution in [2.24, 2.45) is 5.92 Å². The molecule has 0 saturated carbocycles. The lowest BCUT2D eigenvalue weighted by Gasteiger charge is -2.34. The lowest BCUT2D eigenvalue weighted by molar-refractivity contribution is -0.126. The maximum Gasteiger partial charge on any atom is 0.249 e. The fraction of sp³-hybridized carbons (Fsp3) is 0.391. The normalized spacial score (nSPS) is 18.6. The Morgan fingerprint density at radius 1 is 1.16 bits per heavy atom. The number of fused-ring (bicyclic) bond motifs is 1. The second kappa shape index (κ2) is 10.0. The number of carbonyl (C=O) groups is 2. The van der Waals surface area contributed by atoms with E-state index in [2.05, 4.69) is 16.0 Å². The van der Waals surface area contributed by atoms with Crippen LogP contribution in [0.25, 0.3) is 0 Å². The summed E-state index contributed by atoms with van der Waals surface area (Å²) in [6.45, 7) is 4.02. The van der Waals surface area contributed by atoms with E-state index in [4.69, 9.17) is 28.3 Å². The SMILES string of the molecule is CC(C)C[C@H](NC1(Cc2cccc(Cl)c2)C(=O)Nc2cc(Cl)ccc21)C(=O)NCCO. The topological polar surface area (TPSA) is 90.5 Å². The monoisotopic (exact) mass is 463 g/mol. The number of hydrogen-bond donors (Lipinski definition) is 4. The second-order valence-corrected chi connectivity index (χ2v) is 9.07. The number of hydrogen-bond acceptors (Lipinski definition) is 4. The highest BCUT2D eigenvalue weighted by atomic mass is 35.5. The van der Waals surface area contributed by atoms with Gasteiger partial charge in [0.2, 0.25) is 11.8 Å². The minimum Gasteiger partial charge on any atom is -0.395 e. The van der Waals surface area contributed by atoms with Crippen molar-refractivity contribution < 1.29 is 14.7 Å². The third-order valence-electron chi connectivity index (χ3n) is 5.29. The average molecular weight is 464 g/mol. The van der Waals surface area contributed by atoms with Gasteiger partial charge >= 0.3 is 0 Å². The summed E-state index contributed by atoms with van der Waals surface area (Å²) in [5.41, 5.74) is 1.02. The quantitative estimate of drug-likeness (QED) is 0.458. The molecule has 1 aliphatic heterocycles. The summed E-state index contributed by atoms with van der Waals surface area (Å²) >= 11 is 12.3. The molecule has 31 heavy (non-hydrogen) atoms. The van der Waals surface area contributed by atoms with E-state index in [9.17, 15) is 9.59 Å². The first-order chi connectivity index (χ1) is 14.7.